The maximum atomic E-state index is 12.3. The van der Waals surface area contributed by atoms with Gasteiger partial charge in [0, 0.05) is 20.2 Å². The third-order valence-corrected chi connectivity index (χ3v) is 2.48. The van der Waals surface area contributed by atoms with Crippen LogP contribution in [-0.2, 0) is 6.18 Å². The average molecular weight is 263 g/mol. The molecule has 0 atom stereocenters. The van der Waals surface area contributed by atoms with Crippen molar-refractivity contribution in [1.29, 1.82) is 0 Å². The van der Waals surface area contributed by atoms with Crippen LogP contribution in [0.15, 0.2) is 12.1 Å². The Kier molecular flexibility index (Phi) is 5.33. The standard InChI is InChI=1S/C11H16F3N3O/c1-17(7-3-2-4-8-18)10-6-5-9(15-16-10)11(12,13)14/h5-6,18H,2-4,7-8H2,1H3. The Labute approximate surface area is 103 Å². The van der Waals surface area contributed by atoms with Crippen molar-refractivity contribution in [1.82, 2.24) is 10.2 Å². The van der Waals surface area contributed by atoms with Crippen molar-refractivity contribution in [2.24, 2.45) is 0 Å². The molecule has 1 rings (SSSR count). The molecule has 0 saturated heterocycles. The summed E-state index contributed by atoms with van der Waals surface area (Å²) < 4.78 is 36.8. The van der Waals surface area contributed by atoms with Gasteiger partial charge < -0.3 is 10.0 Å². The minimum absolute atomic E-state index is 0.157. The van der Waals surface area contributed by atoms with Gasteiger partial charge in [0.25, 0.3) is 0 Å². The van der Waals surface area contributed by atoms with Crippen LogP contribution in [0.25, 0.3) is 0 Å². The van der Waals surface area contributed by atoms with E-state index in [2.05, 4.69) is 10.2 Å². The summed E-state index contributed by atoms with van der Waals surface area (Å²) in [6.07, 6.45) is -2.01. The Morgan fingerprint density at radius 2 is 1.89 bits per heavy atom. The second-order valence-electron chi connectivity index (χ2n) is 3.98. The first kappa shape index (κ1) is 14.7. The van der Waals surface area contributed by atoms with E-state index in [0.29, 0.717) is 12.4 Å². The summed E-state index contributed by atoms with van der Waals surface area (Å²) in [5.41, 5.74) is -0.986. The first-order valence-corrected chi connectivity index (χ1v) is 5.68. The minimum atomic E-state index is -4.45. The fraction of sp³-hybridized carbons (Fsp3) is 0.636. The van der Waals surface area contributed by atoms with Crippen molar-refractivity contribution < 1.29 is 18.3 Å². The number of aliphatic hydroxyl groups is 1. The molecule has 0 amide bonds. The molecule has 1 N–H and O–H groups in total. The Morgan fingerprint density at radius 3 is 2.39 bits per heavy atom. The Hall–Kier alpha value is -1.37. The summed E-state index contributed by atoms with van der Waals surface area (Å²) in [4.78, 5) is 1.74. The SMILES string of the molecule is CN(CCCCCO)c1ccc(C(F)(F)F)nn1. The van der Waals surface area contributed by atoms with E-state index in [9.17, 15) is 13.2 Å². The van der Waals surface area contributed by atoms with Gasteiger partial charge in [-0.15, -0.1) is 10.2 Å². The third-order valence-electron chi connectivity index (χ3n) is 2.48. The lowest BCUT2D eigenvalue weighted by molar-refractivity contribution is -0.141. The fourth-order valence-corrected chi connectivity index (χ4v) is 1.43. The van der Waals surface area contributed by atoms with Crippen molar-refractivity contribution in [2.75, 3.05) is 25.1 Å². The number of hydrogen-bond donors (Lipinski definition) is 1. The molecule has 102 valence electrons. The Balaban J connectivity index is 2.51. The van der Waals surface area contributed by atoms with E-state index in [1.807, 2.05) is 0 Å². The van der Waals surface area contributed by atoms with E-state index in [4.69, 9.17) is 5.11 Å². The summed E-state index contributed by atoms with van der Waals surface area (Å²) >= 11 is 0. The van der Waals surface area contributed by atoms with Gasteiger partial charge in [-0.05, 0) is 31.4 Å². The van der Waals surface area contributed by atoms with E-state index < -0.39 is 11.9 Å². The number of aromatic nitrogens is 2. The molecular formula is C11H16F3N3O. The van der Waals surface area contributed by atoms with Crippen LogP contribution in [0.4, 0.5) is 19.0 Å². The topological polar surface area (TPSA) is 49.2 Å². The molecule has 0 radical (unpaired) electrons. The summed E-state index contributed by atoms with van der Waals surface area (Å²) in [6.45, 7) is 0.823. The predicted octanol–water partition coefficient (Wildman–Crippen LogP) is 2.09. The monoisotopic (exact) mass is 263 g/mol. The highest BCUT2D eigenvalue weighted by molar-refractivity contribution is 5.36. The van der Waals surface area contributed by atoms with E-state index in [1.54, 1.807) is 11.9 Å². The molecule has 4 nitrogen and oxygen atoms in total. The lowest BCUT2D eigenvalue weighted by Gasteiger charge is -2.17. The van der Waals surface area contributed by atoms with Crippen LogP contribution in [0, 0.1) is 0 Å². The summed E-state index contributed by atoms with van der Waals surface area (Å²) in [6, 6.07) is 2.23. The van der Waals surface area contributed by atoms with Gasteiger partial charge in [-0.3, -0.25) is 0 Å². The van der Waals surface area contributed by atoms with Gasteiger partial charge in [-0.2, -0.15) is 13.2 Å². The van der Waals surface area contributed by atoms with Gasteiger partial charge in [0.05, 0.1) is 0 Å². The molecule has 18 heavy (non-hydrogen) atoms. The smallest absolute Gasteiger partial charge is 0.396 e. The van der Waals surface area contributed by atoms with Gasteiger partial charge in [0.1, 0.15) is 0 Å². The molecule has 0 unspecified atom stereocenters. The van der Waals surface area contributed by atoms with E-state index in [0.717, 1.165) is 25.3 Å². The number of unbranched alkanes of at least 4 members (excludes halogenated alkanes) is 2. The van der Waals surface area contributed by atoms with E-state index >= 15 is 0 Å². The Morgan fingerprint density at radius 1 is 1.17 bits per heavy atom. The molecule has 0 bridgehead atoms. The maximum Gasteiger partial charge on any atom is 0.435 e. The average Bonchev–Trinajstić information content (AvgIpc) is 2.33. The summed E-state index contributed by atoms with van der Waals surface area (Å²) in [5, 5.41) is 15.3. The molecule has 1 aromatic rings. The van der Waals surface area contributed by atoms with Gasteiger partial charge in [-0.25, -0.2) is 0 Å². The highest BCUT2D eigenvalue weighted by Crippen LogP contribution is 2.27. The number of hydrogen-bond acceptors (Lipinski definition) is 4. The van der Waals surface area contributed by atoms with Gasteiger partial charge in [0.15, 0.2) is 11.5 Å². The normalized spacial score (nSPS) is 11.6. The van der Waals surface area contributed by atoms with Crippen LogP contribution in [0.1, 0.15) is 25.0 Å². The molecular weight excluding hydrogens is 247 g/mol. The molecule has 1 aromatic heterocycles. The summed E-state index contributed by atoms with van der Waals surface area (Å²) in [5.74, 6) is 0.409. The minimum Gasteiger partial charge on any atom is -0.396 e. The van der Waals surface area contributed by atoms with Crippen molar-refractivity contribution in [3.63, 3.8) is 0 Å². The molecule has 7 heteroatoms. The maximum absolute atomic E-state index is 12.3. The number of anilines is 1. The molecule has 1 heterocycles. The lowest BCUT2D eigenvalue weighted by atomic mass is 10.2. The molecule has 0 fully saturated rings. The van der Waals surface area contributed by atoms with Crippen molar-refractivity contribution in [3.05, 3.63) is 17.8 Å². The zero-order chi connectivity index (χ0) is 13.6. The van der Waals surface area contributed by atoms with E-state index in [1.165, 1.54) is 6.07 Å². The predicted molar refractivity (Wildman–Crippen MR) is 61.2 cm³/mol. The molecule has 0 aliphatic rings. The number of rotatable bonds is 6. The quantitative estimate of drug-likeness (QED) is 0.798. The van der Waals surface area contributed by atoms with E-state index in [-0.39, 0.29) is 6.61 Å². The molecule has 0 aliphatic carbocycles. The highest BCUT2D eigenvalue weighted by Gasteiger charge is 2.32. The highest BCUT2D eigenvalue weighted by atomic mass is 19.4. The van der Waals surface area contributed by atoms with Gasteiger partial charge in [0.2, 0.25) is 0 Å². The molecule has 0 aliphatic heterocycles. The molecule has 0 saturated carbocycles. The van der Waals surface area contributed by atoms with Gasteiger partial charge in [-0.1, -0.05) is 0 Å². The Bertz CT molecular complexity index is 354. The van der Waals surface area contributed by atoms with Crippen molar-refractivity contribution in [2.45, 2.75) is 25.4 Å². The fourth-order valence-electron chi connectivity index (χ4n) is 1.43. The second kappa shape index (κ2) is 6.53. The lowest BCUT2D eigenvalue weighted by Crippen LogP contribution is -2.21. The third kappa shape index (κ3) is 4.48. The van der Waals surface area contributed by atoms with Crippen molar-refractivity contribution in [3.8, 4) is 0 Å². The van der Waals surface area contributed by atoms with Crippen molar-refractivity contribution >= 4 is 5.82 Å². The first-order chi connectivity index (χ1) is 8.45. The zero-order valence-electron chi connectivity index (χ0n) is 10.1. The second-order valence-corrected chi connectivity index (χ2v) is 3.98. The van der Waals surface area contributed by atoms with Crippen LogP contribution in [-0.4, -0.2) is 35.5 Å². The number of aliphatic hydroxyl groups excluding tert-OH is 1. The number of alkyl halides is 3. The first-order valence-electron chi connectivity index (χ1n) is 5.68. The van der Waals surface area contributed by atoms with Crippen LogP contribution >= 0.6 is 0 Å². The molecule has 0 aromatic carbocycles. The number of nitrogens with zero attached hydrogens (tertiary/aromatic N) is 3. The molecule has 0 spiro atoms. The largest absolute Gasteiger partial charge is 0.435 e. The zero-order valence-corrected chi connectivity index (χ0v) is 10.1. The van der Waals surface area contributed by atoms with Gasteiger partial charge >= 0.3 is 6.18 Å². The van der Waals surface area contributed by atoms with Crippen LogP contribution in [0.2, 0.25) is 0 Å². The van der Waals surface area contributed by atoms with Crippen LogP contribution < -0.4 is 4.90 Å². The number of halogens is 3. The van der Waals surface area contributed by atoms with Crippen LogP contribution in [0.5, 0.6) is 0 Å². The van der Waals surface area contributed by atoms with Crippen LogP contribution in [0.3, 0.4) is 0 Å². The summed E-state index contributed by atoms with van der Waals surface area (Å²) in [7, 11) is 1.75.